The minimum atomic E-state index is 0.586. The second kappa shape index (κ2) is 6.27. The van der Waals surface area contributed by atoms with Gasteiger partial charge in [0, 0.05) is 35.3 Å². The summed E-state index contributed by atoms with van der Waals surface area (Å²) in [6, 6.07) is 7.83. The topological polar surface area (TPSA) is 15.3 Å². The normalized spacial score (nSPS) is 24.0. The average molecular weight is 325 g/mol. The largest absolute Gasteiger partial charge is 0.365 e. The maximum atomic E-state index is 3.68. The van der Waals surface area contributed by atoms with Crippen LogP contribution >= 0.6 is 15.9 Å². The van der Waals surface area contributed by atoms with Gasteiger partial charge in [0.2, 0.25) is 0 Å². The maximum absolute atomic E-state index is 3.68. The third-order valence-electron chi connectivity index (χ3n) is 4.16. The van der Waals surface area contributed by atoms with Gasteiger partial charge in [-0.3, -0.25) is 0 Å². The molecule has 0 saturated carbocycles. The van der Waals surface area contributed by atoms with E-state index < -0.39 is 0 Å². The standard InChI is InChI=1S/C16H25BrN2/c1-5-14-10-19(16(9-18-14)11(2)3)15-7-6-13(17)8-12(15)4/h6-8,11,14,16,18H,5,9-10H2,1-4H3. The maximum Gasteiger partial charge on any atom is 0.0438 e. The van der Waals surface area contributed by atoms with Crippen LogP contribution in [0.2, 0.25) is 0 Å². The van der Waals surface area contributed by atoms with Crippen molar-refractivity contribution in [2.45, 2.75) is 46.2 Å². The quantitative estimate of drug-likeness (QED) is 0.905. The highest BCUT2D eigenvalue weighted by molar-refractivity contribution is 9.10. The molecule has 0 radical (unpaired) electrons. The van der Waals surface area contributed by atoms with Gasteiger partial charge in [0.1, 0.15) is 0 Å². The molecule has 0 amide bonds. The van der Waals surface area contributed by atoms with Crippen molar-refractivity contribution in [3.63, 3.8) is 0 Å². The molecule has 1 saturated heterocycles. The van der Waals surface area contributed by atoms with Crippen LogP contribution in [0.25, 0.3) is 0 Å². The first-order chi connectivity index (χ1) is 9.02. The molecule has 1 N–H and O–H groups in total. The number of anilines is 1. The molecule has 0 spiro atoms. The molecular weight excluding hydrogens is 300 g/mol. The molecule has 0 aromatic heterocycles. The molecule has 1 heterocycles. The van der Waals surface area contributed by atoms with Gasteiger partial charge in [0.15, 0.2) is 0 Å². The lowest BCUT2D eigenvalue weighted by Crippen LogP contribution is -2.58. The molecule has 2 rings (SSSR count). The van der Waals surface area contributed by atoms with E-state index in [4.69, 9.17) is 0 Å². The molecule has 2 nitrogen and oxygen atoms in total. The van der Waals surface area contributed by atoms with Crippen LogP contribution in [0, 0.1) is 12.8 Å². The number of piperazine rings is 1. The third kappa shape index (κ3) is 3.32. The number of aryl methyl sites for hydroxylation is 1. The van der Waals surface area contributed by atoms with E-state index >= 15 is 0 Å². The Morgan fingerprint density at radius 3 is 2.74 bits per heavy atom. The average Bonchev–Trinajstić information content (AvgIpc) is 2.38. The van der Waals surface area contributed by atoms with E-state index in [0.717, 1.165) is 17.6 Å². The molecule has 2 unspecified atom stereocenters. The summed E-state index contributed by atoms with van der Waals surface area (Å²) in [5.74, 6) is 0.661. The molecule has 1 aliphatic rings. The summed E-state index contributed by atoms with van der Waals surface area (Å²) in [6.45, 7) is 11.3. The lowest BCUT2D eigenvalue weighted by molar-refractivity contribution is 0.333. The van der Waals surface area contributed by atoms with E-state index in [1.165, 1.54) is 17.7 Å². The molecule has 19 heavy (non-hydrogen) atoms. The Labute approximate surface area is 125 Å². The van der Waals surface area contributed by atoms with Crippen molar-refractivity contribution in [3.05, 3.63) is 28.2 Å². The summed E-state index contributed by atoms with van der Waals surface area (Å²) in [5.41, 5.74) is 2.75. The third-order valence-corrected chi connectivity index (χ3v) is 4.66. The molecule has 0 bridgehead atoms. The van der Waals surface area contributed by atoms with Crippen LogP contribution in [0.5, 0.6) is 0 Å². The van der Waals surface area contributed by atoms with E-state index in [0.29, 0.717) is 18.0 Å². The summed E-state index contributed by atoms with van der Waals surface area (Å²) in [4.78, 5) is 2.61. The van der Waals surface area contributed by atoms with Crippen LogP contribution in [0.3, 0.4) is 0 Å². The van der Waals surface area contributed by atoms with E-state index in [2.05, 4.69) is 72.0 Å². The van der Waals surface area contributed by atoms with Crippen LogP contribution in [-0.4, -0.2) is 25.2 Å². The van der Waals surface area contributed by atoms with Crippen molar-refractivity contribution >= 4 is 21.6 Å². The van der Waals surface area contributed by atoms with Gasteiger partial charge < -0.3 is 10.2 Å². The number of hydrogen-bond acceptors (Lipinski definition) is 2. The first-order valence-electron chi connectivity index (χ1n) is 7.29. The van der Waals surface area contributed by atoms with Crippen LogP contribution in [0.1, 0.15) is 32.8 Å². The summed E-state index contributed by atoms with van der Waals surface area (Å²) < 4.78 is 1.16. The minimum absolute atomic E-state index is 0.586. The Bertz CT molecular complexity index is 431. The zero-order valence-corrected chi connectivity index (χ0v) is 14.0. The Kier molecular flexibility index (Phi) is 4.91. The van der Waals surface area contributed by atoms with Crippen molar-refractivity contribution in [1.82, 2.24) is 5.32 Å². The lowest BCUT2D eigenvalue weighted by atomic mass is 9.96. The predicted molar refractivity (Wildman–Crippen MR) is 86.9 cm³/mol. The van der Waals surface area contributed by atoms with Crippen LogP contribution in [-0.2, 0) is 0 Å². The summed E-state index contributed by atoms with van der Waals surface area (Å²) in [5, 5.41) is 3.68. The predicted octanol–water partition coefficient (Wildman–Crippen LogP) is 3.97. The number of rotatable bonds is 3. The van der Waals surface area contributed by atoms with E-state index in [9.17, 15) is 0 Å². The van der Waals surface area contributed by atoms with Gasteiger partial charge in [0.25, 0.3) is 0 Å². The fourth-order valence-electron chi connectivity index (χ4n) is 2.92. The molecule has 3 heteroatoms. The second-order valence-electron chi connectivity index (χ2n) is 5.91. The second-order valence-corrected chi connectivity index (χ2v) is 6.82. The Morgan fingerprint density at radius 1 is 1.42 bits per heavy atom. The summed E-state index contributed by atoms with van der Waals surface area (Å²) in [6.07, 6.45) is 1.19. The Balaban J connectivity index is 2.30. The molecule has 1 aromatic carbocycles. The number of hydrogen-bond donors (Lipinski definition) is 1. The van der Waals surface area contributed by atoms with Crippen molar-refractivity contribution in [3.8, 4) is 0 Å². The summed E-state index contributed by atoms with van der Waals surface area (Å²) >= 11 is 3.56. The number of benzene rings is 1. The zero-order chi connectivity index (χ0) is 14.0. The minimum Gasteiger partial charge on any atom is -0.365 e. The first kappa shape index (κ1) is 14.9. The molecule has 1 aliphatic heterocycles. The number of nitrogens with one attached hydrogen (secondary N) is 1. The smallest absolute Gasteiger partial charge is 0.0438 e. The van der Waals surface area contributed by atoms with Gasteiger partial charge in [-0.1, -0.05) is 36.7 Å². The van der Waals surface area contributed by atoms with Gasteiger partial charge in [-0.2, -0.15) is 0 Å². The molecule has 0 aliphatic carbocycles. The van der Waals surface area contributed by atoms with E-state index in [-0.39, 0.29) is 0 Å². The first-order valence-corrected chi connectivity index (χ1v) is 8.08. The van der Waals surface area contributed by atoms with E-state index in [1.54, 1.807) is 0 Å². The number of halogens is 1. The van der Waals surface area contributed by atoms with Crippen LogP contribution in [0.15, 0.2) is 22.7 Å². The van der Waals surface area contributed by atoms with Gasteiger partial charge in [-0.25, -0.2) is 0 Å². The highest BCUT2D eigenvalue weighted by Gasteiger charge is 2.29. The van der Waals surface area contributed by atoms with Crippen molar-refractivity contribution in [2.24, 2.45) is 5.92 Å². The highest BCUT2D eigenvalue weighted by atomic mass is 79.9. The zero-order valence-electron chi connectivity index (χ0n) is 12.4. The Hall–Kier alpha value is -0.540. The monoisotopic (exact) mass is 324 g/mol. The van der Waals surface area contributed by atoms with Crippen LogP contribution < -0.4 is 10.2 Å². The van der Waals surface area contributed by atoms with Gasteiger partial charge in [-0.05, 0) is 43.0 Å². The molecule has 106 valence electrons. The van der Waals surface area contributed by atoms with Gasteiger partial charge >= 0.3 is 0 Å². The molecule has 1 fully saturated rings. The van der Waals surface area contributed by atoms with Gasteiger partial charge in [0.05, 0.1) is 0 Å². The fraction of sp³-hybridized carbons (Fsp3) is 0.625. The van der Waals surface area contributed by atoms with Crippen LogP contribution in [0.4, 0.5) is 5.69 Å². The SMILES string of the molecule is CCC1CN(c2ccc(Br)cc2C)C(C(C)C)CN1. The van der Waals surface area contributed by atoms with Crippen molar-refractivity contribution < 1.29 is 0 Å². The highest BCUT2D eigenvalue weighted by Crippen LogP contribution is 2.29. The molecule has 1 aromatic rings. The number of nitrogens with zero attached hydrogens (tertiary/aromatic N) is 1. The van der Waals surface area contributed by atoms with E-state index in [1.807, 2.05) is 0 Å². The lowest BCUT2D eigenvalue weighted by Gasteiger charge is -2.44. The van der Waals surface area contributed by atoms with Crippen molar-refractivity contribution in [2.75, 3.05) is 18.0 Å². The van der Waals surface area contributed by atoms with Gasteiger partial charge in [-0.15, -0.1) is 0 Å². The summed E-state index contributed by atoms with van der Waals surface area (Å²) in [7, 11) is 0. The molecule has 2 atom stereocenters. The Morgan fingerprint density at radius 2 is 2.16 bits per heavy atom. The van der Waals surface area contributed by atoms with Crippen molar-refractivity contribution in [1.29, 1.82) is 0 Å². The fourth-order valence-corrected chi connectivity index (χ4v) is 3.40. The molecular formula is C16H25BrN2.